The van der Waals surface area contributed by atoms with Crippen molar-refractivity contribution >= 4 is 11.6 Å². The molecule has 0 aromatic heterocycles. The van der Waals surface area contributed by atoms with Crippen molar-refractivity contribution in [3.05, 3.63) is 69.0 Å². The number of benzene rings is 2. The maximum atomic E-state index is 13.9. The molecule has 2 aromatic rings. The molecule has 2 aromatic carbocycles. The van der Waals surface area contributed by atoms with Crippen LogP contribution in [0.4, 0.5) is 4.39 Å². The molecule has 1 atom stereocenters. The van der Waals surface area contributed by atoms with Crippen LogP contribution in [0.5, 0.6) is 0 Å². The summed E-state index contributed by atoms with van der Waals surface area (Å²) in [5.41, 5.74) is 4.16. The van der Waals surface area contributed by atoms with E-state index in [0.717, 1.165) is 22.3 Å². The summed E-state index contributed by atoms with van der Waals surface area (Å²) in [6, 6.07) is 8.23. The molecule has 0 heterocycles. The fourth-order valence-electron chi connectivity index (χ4n) is 2.17. The third-order valence-corrected chi connectivity index (χ3v) is 3.67. The van der Waals surface area contributed by atoms with Crippen LogP contribution in [0, 0.1) is 26.6 Å². The molecule has 2 rings (SSSR count). The van der Waals surface area contributed by atoms with Gasteiger partial charge in [-0.25, -0.2) is 4.39 Å². The molecule has 0 aliphatic carbocycles. The van der Waals surface area contributed by atoms with Gasteiger partial charge in [0.1, 0.15) is 11.9 Å². The van der Waals surface area contributed by atoms with Crippen molar-refractivity contribution in [2.24, 2.45) is 0 Å². The van der Waals surface area contributed by atoms with Gasteiger partial charge in [0.25, 0.3) is 0 Å². The standard InChI is InChI=1S/C16H16ClFO/c1-9-6-11(3)14(7-10(9)2)16(19)13-5-4-12(17)8-15(13)18/h4-8,16,19H,1-3H3. The molecule has 0 radical (unpaired) electrons. The van der Waals surface area contributed by atoms with Crippen molar-refractivity contribution in [2.45, 2.75) is 26.9 Å². The third kappa shape index (κ3) is 2.80. The summed E-state index contributed by atoms with van der Waals surface area (Å²) >= 11 is 5.72. The highest BCUT2D eigenvalue weighted by atomic mass is 35.5. The van der Waals surface area contributed by atoms with Gasteiger partial charge in [0.05, 0.1) is 0 Å². The third-order valence-electron chi connectivity index (χ3n) is 3.43. The minimum atomic E-state index is -0.975. The van der Waals surface area contributed by atoms with Crippen molar-refractivity contribution in [1.29, 1.82) is 0 Å². The molecule has 1 N–H and O–H groups in total. The lowest BCUT2D eigenvalue weighted by molar-refractivity contribution is 0.214. The number of halogens is 2. The van der Waals surface area contributed by atoms with Crippen LogP contribution in [0.3, 0.4) is 0 Å². The van der Waals surface area contributed by atoms with E-state index in [9.17, 15) is 9.50 Å². The lowest BCUT2D eigenvalue weighted by Crippen LogP contribution is -2.05. The molecule has 100 valence electrons. The van der Waals surface area contributed by atoms with E-state index >= 15 is 0 Å². The van der Waals surface area contributed by atoms with E-state index in [1.54, 1.807) is 6.07 Å². The van der Waals surface area contributed by atoms with Gasteiger partial charge in [0.15, 0.2) is 0 Å². The number of aliphatic hydroxyl groups is 1. The van der Waals surface area contributed by atoms with Crippen molar-refractivity contribution in [1.82, 2.24) is 0 Å². The van der Waals surface area contributed by atoms with Gasteiger partial charge in [-0.3, -0.25) is 0 Å². The summed E-state index contributed by atoms with van der Waals surface area (Å²) < 4.78 is 13.9. The van der Waals surface area contributed by atoms with E-state index in [-0.39, 0.29) is 5.56 Å². The smallest absolute Gasteiger partial charge is 0.130 e. The second-order valence-corrected chi connectivity index (χ2v) is 5.30. The maximum Gasteiger partial charge on any atom is 0.130 e. The van der Waals surface area contributed by atoms with Gasteiger partial charge in [0.2, 0.25) is 0 Å². The molecule has 1 nitrogen and oxygen atoms in total. The molecular formula is C16H16ClFO. The predicted octanol–water partition coefficient (Wildman–Crippen LogP) is 4.49. The molecule has 0 amide bonds. The van der Waals surface area contributed by atoms with E-state index in [1.165, 1.54) is 12.1 Å². The number of aliphatic hydroxyl groups excluding tert-OH is 1. The minimum absolute atomic E-state index is 0.246. The molecule has 0 aliphatic heterocycles. The summed E-state index contributed by atoms with van der Waals surface area (Å²) in [5.74, 6) is -0.488. The van der Waals surface area contributed by atoms with Gasteiger partial charge in [-0.1, -0.05) is 29.8 Å². The lowest BCUT2D eigenvalue weighted by atomic mass is 9.93. The Labute approximate surface area is 117 Å². The second kappa shape index (κ2) is 5.32. The molecular weight excluding hydrogens is 263 g/mol. The normalized spacial score (nSPS) is 12.5. The highest BCUT2D eigenvalue weighted by Gasteiger charge is 2.17. The number of aryl methyl sites for hydroxylation is 3. The highest BCUT2D eigenvalue weighted by molar-refractivity contribution is 6.30. The number of hydrogen-bond acceptors (Lipinski definition) is 1. The Hall–Kier alpha value is -1.38. The van der Waals surface area contributed by atoms with Crippen LogP contribution in [-0.2, 0) is 0 Å². The Morgan fingerprint density at radius 2 is 1.58 bits per heavy atom. The zero-order valence-electron chi connectivity index (χ0n) is 11.2. The molecule has 0 saturated carbocycles. The summed E-state index contributed by atoms with van der Waals surface area (Å²) in [6.07, 6.45) is -0.975. The Bertz CT molecular complexity index is 622. The second-order valence-electron chi connectivity index (χ2n) is 4.86. The summed E-state index contributed by atoms with van der Waals surface area (Å²) in [7, 11) is 0. The highest BCUT2D eigenvalue weighted by Crippen LogP contribution is 2.29. The van der Waals surface area contributed by atoms with Gasteiger partial charge in [0, 0.05) is 10.6 Å². The summed E-state index contributed by atoms with van der Waals surface area (Å²) in [6.45, 7) is 5.91. The minimum Gasteiger partial charge on any atom is -0.384 e. The quantitative estimate of drug-likeness (QED) is 0.858. The average molecular weight is 279 g/mol. The van der Waals surface area contributed by atoms with Gasteiger partial charge >= 0.3 is 0 Å². The van der Waals surface area contributed by atoms with E-state index in [0.29, 0.717) is 5.02 Å². The van der Waals surface area contributed by atoms with Crippen LogP contribution in [0.1, 0.15) is 33.9 Å². The molecule has 0 saturated heterocycles. The van der Waals surface area contributed by atoms with Crippen molar-refractivity contribution < 1.29 is 9.50 Å². The first-order chi connectivity index (χ1) is 8.90. The zero-order chi connectivity index (χ0) is 14.2. The van der Waals surface area contributed by atoms with Crippen molar-refractivity contribution in [3.8, 4) is 0 Å². The van der Waals surface area contributed by atoms with Crippen LogP contribution >= 0.6 is 11.6 Å². The SMILES string of the molecule is Cc1cc(C)c(C(O)c2ccc(Cl)cc2F)cc1C. The van der Waals surface area contributed by atoms with Crippen LogP contribution in [0.25, 0.3) is 0 Å². The lowest BCUT2D eigenvalue weighted by Gasteiger charge is -2.17. The first-order valence-corrected chi connectivity index (χ1v) is 6.48. The molecule has 0 fully saturated rings. The molecule has 1 unspecified atom stereocenters. The number of hydrogen-bond donors (Lipinski definition) is 1. The maximum absolute atomic E-state index is 13.9. The first-order valence-electron chi connectivity index (χ1n) is 6.11. The Morgan fingerprint density at radius 1 is 0.947 bits per heavy atom. The average Bonchev–Trinajstić information content (AvgIpc) is 2.33. The monoisotopic (exact) mass is 278 g/mol. The molecule has 3 heteroatoms. The van der Waals surface area contributed by atoms with Crippen LogP contribution in [0.15, 0.2) is 30.3 Å². The van der Waals surface area contributed by atoms with Crippen LogP contribution < -0.4 is 0 Å². The fourth-order valence-corrected chi connectivity index (χ4v) is 2.33. The van der Waals surface area contributed by atoms with E-state index in [4.69, 9.17) is 11.6 Å². The predicted molar refractivity (Wildman–Crippen MR) is 76.1 cm³/mol. The van der Waals surface area contributed by atoms with Crippen LogP contribution in [0.2, 0.25) is 5.02 Å². The Balaban J connectivity index is 2.49. The molecule has 19 heavy (non-hydrogen) atoms. The molecule has 0 aliphatic rings. The Morgan fingerprint density at radius 3 is 2.21 bits per heavy atom. The fraction of sp³-hybridized carbons (Fsp3) is 0.250. The van der Waals surface area contributed by atoms with Gasteiger partial charge in [-0.2, -0.15) is 0 Å². The largest absolute Gasteiger partial charge is 0.384 e. The zero-order valence-corrected chi connectivity index (χ0v) is 11.9. The number of rotatable bonds is 2. The van der Waals surface area contributed by atoms with Crippen LogP contribution in [-0.4, -0.2) is 5.11 Å². The van der Waals surface area contributed by atoms with Crippen molar-refractivity contribution in [3.63, 3.8) is 0 Å². The molecule has 0 bridgehead atoms. The summed E-state index contributed by atoms with van der Waals surface area (Å²) in [4.78, 5) is 0. The Kier molecular flexibility index (Phi) is 3.93. The van der Waals surface area contributed by atoms with E-state index < -0.39 is 11.9 Å². The van der Waals surface area contributed by atoms with Gasteiger partial charge in [-0.15, -0.1) is 0 Å². The molecule has 0 spiro atoms. The van der Waals surface area contributed by atoms with E-state index in [2.05, 4.69) is 0 Å². The van der Waals surface area contributed by atoms with E-state index in [1.807, 2.05) is 32.9 Å². The van der Waals surface area contributed by atoms with Gasteiger partial charge in [-0.05, 0) is 55.2 Å². The van der Waals surface area contributed by atoms with Crippen molar-refractivity contribution in [2.75, 3.05) is 0 Å². The first kappa shape index (κ1) is 14.0. The summed E-state index contributed by atoms with van der Waals surface area (Å²) in [5, 5.41) is 10.7. The topological polar surface area (TPSA) is 20.2 Å². The van der Waals surface area contributed by atoms with Gasteiger partial charge < -0.3 is 5.11 Å².